The fourth-order valence-electron chi connectivity index (χ4n) is 3.46. The molecule has 5 nitrogen and oxygen atoms in total. The highest BCUT2D eigenvalue weighted by Crippen LogP contribution is 2.27. The van der Waals surface area contributed by atoms with Crippen molar-refractivity contribution in [3.8, 4) is 0 Å². The topological polar surface area (TPSA) is 69.6 Å². The number of carboxylic acids is 1. The van der Waals surface area contributed by atoms with E-state index in [1.165, 1.54) is 25.7 Å². The summed E-state index contributed by atoms with van der Waals surface area (Å²) in [4.78, 5) is 24.6. The number of nitrogens with zero attached hydrogens (tertiary/aromatic N) is 1. The van der Waals surface area contributed by atoms with Crippen molar-refractivity contribution in [1.82, 2.24) is 10.2 Å². The third kappa shape index (κ3) is 4.69. The van der Waals surface area contributed by atoms with Crippen molar-refractivity contribution >= 4 is 12.0 Å². The molecule has 2 fully saturated rings. The molecule has 1 saturated heterocycles. The zero-order chi connectivity index (χ0) is 14.4. The minimum Gasteiger partial charge on any atom is -0.481 e. The lowest BCUT2D eigenvalue weighted by Crippen LogP contribution is -2.46. The van der Waals surface area contributed by atoms with Crippen molar-refractivity contribution in [1.29, 1.82) is 0 Å². The molecule has 1 aliphatic carbocycles. The molecular formula is C15H26N2O3. The molecule has 0 aromatic heterocycles. The zero-order valence-electron chi connectivity index (χ0n) is 12.1. The van der Waals surface area contributed by atoms with Crippen molar-refractivity contribution in [3.05, 3.63) is 0 Å². The molecule has 2 N–H and O–H groups in total. The van der Waals surface area contributed by atoms with Gasteiger partial charge >= 0.3 is 12.0 Å². The van der Waals surface area contributed by atoms with E-state index in [-0.39, 0.29) is 18.4 Å². The molecule has 1 saturated carbocycles. The van der Waals surface area contributed by atoms with Crippen LogP contribution in [0.3, 0.4) is 0 Å². The number of carboxylic acid groups (broad SMARTS) is 1. The van der Waals surface area contributed by atoms with Crippen molar-refractivity contribution in [2.24, 2.45) is 11.8 Å². The van der Waals surface area contributed by atoms with Gasteiger partial charge in [-0.25, -0.2) is 4.79 Å². The van der Waals surface area contributed by atoms with E-state index < -0.39 is 5.97 Å². The van der Waals surface area contributed by atoms with Crippen LogP contribution in [0.5, 0.6) is 0 Å². The molecule has 2 rings (SSSR count). The van der Waals surface area contributed by atoms with Gasteiger partial charge < -0.3 is 15.3 Å². The average molecular weight is 282 g/mol. The summed E-state index contributed by atoms with van der Waals surface area (Å²) in [6.45, 7) is 2.09. The van der Waals surface area contributed by atoms with E-state index in [0.29, 0.717) is 6.54 Å². The van der Waals surface area contributed by atoms with E-state index in [1.807, 2.05) is 0 Å². The Morgan fingerprint density at radius 3 is 2.50 bits per heavy atom. The van der Waals surface area contributed by atoms with Crippen molar-refractivity contribution in [3.63, 3.8) is 0 Å². The second kappa shape index (κ2) is 7.50. The molecule has 20 heavy (non-hydrogen) atoms. The third-order valence-corrected chi connectivity index (χ3v) is 4.57. The maximum atomic E-state index is 12.1. The first-order valence-corrected chi connectivity index (χ1v) is 7.89. The molecule has 0 bridgehead atoms. The van der Waals surface area contributed by atoms with Gasteiger partial charge in [-0.3, -0.25) is 4.79 Å². The Hall–Kier alpha value is -1.26. The number of aliphatic carboxylic acids is 1. The molecule has 0 spiro atoms. The highest BCUT2D eigenvalue weighted by molar-refractivity contribution is 5.74. The van der Waals surface area contributed by atoms with Crippen molar-refractivity contribution < 1.29 is 14.7 Å². The molecule has 1 unspecified atom stereocenters. The number of likely N-dealkylation sites (tertiary alicyclic amines) is 1. The van der Waals surface area contributed by atoms with E-state index in [0.717, 1.165) is 38.3 Å². The molecule has 0 radical (unpaired) electrons. The van der Waals surface area contributed by atoms with Gasteiger partial charge in [0.2, 0.25) is 0 Å². The van der Waals surface area contributed by atoms with E-state index in [4.69, 9.17) is 5.11 Å². The SMILES string of the molecule is O=C(O)CC1CCCN(C(=O)NCCC2CCCC2)C1. The van der Waals surface area contributed by atoms with Crippen LogP contribution >= 0.6 is 0 Å². The smallest absolute Gasteiger partial charge is 0.317 e. The first kappa shape index (κ1) is 15.1. The van der Waals surface area contributed by atoms with E-state index >= 15 is 0 Å². The summed E-state index contributed by atoms with van der Waals surface area (Å²) in [7, 11) is 0. The molecule has 2 amide bonds. The highest BCUT2D eigenvalue weighted by Gasteiger charge is 2.25. The van der Waals surface area contributed by atoms with Gasteiger partial charge in [-0.05, 0) is 31.1 Å². The minimum absolute atomic E-state index is 0.0157. The van der Waals surface area contributed by atoms with Gasteiger partial charge in [0, 0.05) is 26.1 Å². The van der Waals surface area contributed by atoms with Gasteiger partial charge in [0.15, 0.2) is 0 Å². The van der Waals surface area contributed by atoms with E-state index in [9.17, 15) is 9.59 Å². The molecule has 2 aliphatic rings. The quantitative estimate of drug-likeness (QED) is 0.814. The Bertz CT molecular complexity index is 340. The first-order valence-electron chi connectivity index (χ1n) is 7.89. The van der Waals surface area contributed by atoms with E-state index in [1.54, 1.807) is 4.90 Å². The lowest BCUT2D eigenvalue weighted by atomic mass is 9.95. The third-order valence-electron chi connectivity index (χ3n) is 4.57. The van der Waals surface area contributed by atoms with Crippen LogP contribution in [0.4, 0.5) is 4.79 Å². The van der Waals surface area contributed by atoms with Crippen LogP contribution in [0.2, 0.25) is 0 Å². The van der Waals surface area contributed by atoms with Gasteiger partial charge in [0.05, 0.1) is 0 Å². The highest BCUT2D eigenvalue weighted by atomic mass is 16.4. The first-order chi connectivity index (χ1) is 9.65. The summed E-state index contributed by atoms with van der Waals surface area (Å²) in [6.07, 6.45) is 8.36. The fraction of sp³-hybridized carbons (Fsp3) is 0.867. The maximum Gasteiger partial charge on any atom is 0.317 e. The lowest BCUT2D eigenvalue weighted by molar-refractivity contribution is -0.138. The van der Waals surface area contributed by atoms with Gasteiger partial charge in [0.25, 0.3) is 0 Å². The molecule has 1 atom stereocenters. The van der Waals surface area contributed by atoms with Gasteiger partial charge in [-0.15, -0.1) is 0 Å². The minimum atomic E-state index is -0.765. The molecule has 0 aromatic carbocycles. The number of hydrogen-bond acceptors (Lipinski definition) is 2. The van der Waals surface area contributed by atoms with E-state index in [2.05, 4.69) is 5.32 Å². The summed E-state index contributed by atoms with van der Waals surface area (Å²) < 4.78 is 0. The number of carbonyl (C=O) groups is 2. The predicted molar refractivity (Wildman–Crippen MR) is 76.5 cm³/mol. The van der Waals surface area contributed by atoms with Crippen LogP contribution in [-0.4, -0.2) is 41.6 Å². The summed E-state index contributed by atoms with van der Waals surface area (Å²) in [5.41, 5.74) is 0. The van der Waals surface area contributed by atoms with Crippen LogP contribution in [0.25, 0.3) is 0 Å². The van der Waals surface area contributed by atoms with Gasteiger partial charge in [0.1, 0.15) is 0 Å². The number of hydrogen-bond donors (Lipinski definition) is 2. The maximum absolute atomic E-state index is 12.1. The van der Waals surface area contributed by atoms with Crippen LogP contribution < -0.4 is 5.32 Å². The van der Waals surface area contributed by atoms with Crippen LogP contribution in [0, 0.1) is 11.8 Å². The Morgan fingerprint density at radius 2 is 1.80 bits per heavy atom. The number of amides is 2. The molecule has 1 heterocycles. The molecular weight excluding hydrogens is 256 g/mol. The molecule has 1 aliphatic heterocycles. The molecule has 5 heteroatoms. The number of rotatable bonds is 5. The van der Waals surface area contributed by atoms with Crippen LogP contribution in [0.1, 0.15) is 51.4 Å². The normalized spacial score (nSPS) is 23.8. The Balaban J connectivity index is 1.67. The summed E-state index contributed by atoms with van der Waals surface area (Å²) in [5, 5.41) is 11.8. The second-order valence-electron chi connectivity index (χ2n) is 6.22. The van der Waals surface area contributed by atoms with Gasteiger partial charge in [-0.2, -0.15) is 0 Å². The summed E-state index contributed by atoms with van der Waals surface area (Å²) in [6, 6.07) is -0.0157. The monoisotopic (exact) mass is 282 g/mol. The lowest BCUT2D eigenvalue weighted by Gasteiger charge is -2.32. The molecule has 114 valence electrons. The van der Waals surface area contributed by atoms with Crippen molar-refractivity contribution in [2.75, 3.05) is 19.6 Å². The predicted octanol–water partition coefficient (Wildman–Crippen LogP) is 2.46. The average Bonchev–Trinajstić information content (AvgIpc) is 2.91. The number of nitrogens with one attached hydrogen (secondary N) is 1. The van der Waals surface area contributed by atoms with Crippen LogP contribution in [0.15, 0.2) is 0 Å². The number of carbonyl (C=O) groups excluding carboxylic acids is 1. The van der Waals surface area contributed by atoms with Gasteiger partial charge in [-0.1, -0.05) is 25.7 Å². The number of piperidine rings is 1. The van der Waals surface area contributed by atoms with Crippen molar-refractivity contribution in [2.45, 2.75) is 51.4 Å². The largest absolute Gasteiger partial charge is 0.481 e. The summed E-state index contributed by atoms with van der Waals surface area (Å²) in [5.74, 6) is 0.136. The zero-order valence-corrected chi connectivity index (χ0v) is 12.1. The Kier molecular flexibility index (Phi) is 5.68. The summed E-state index contributed by atoms with van der Waals surface area (Å²) >= 11 is 0. The Morgan fingerprint density at radius 1 is 1.10 bits per heavy atom. The molecule has 0 aromatic rings. The second-order valence-corrected chi connectivity index (χ2v) is 6.22. The standard InChI is InChI=1S/C15H26N2O3/c18-14(19)10-13-6-3-9-17(11-13)15(20)16-8-7-12-4-1-2-5-12/h12-13H,1-11H2,(H,16,20)(H,18,19). The Labute approximate surface area is 120 Å². The fourth-order valence-corrected chi connectivity index (χ4v) is 3.46. The van der Waals surface area contributed by atoms with Crippen LogP contribution in [-0.2, 0) is 4.79 Å². The number of urea groups is 1.